The summed E-state index contributed by atoms with van der Waals surface area (Å²) in [6, 6.07) is 1.65. The Morgan fingerprint density at radius 1 is 1.05 bits per heavy atom. The van der Waals surface area contributed by atoms with Gasteiger partial charge in [-0.05, 0) is 30.0 Å². The molecule has 0 amide bonds. The number of ether oxygens (including phenoxy) is 1. The van der Waals surface area contributed by atoms with Crippen molar-refractivity contribution in [2.75, 3.05) is 26.8 Å². The van der Waals surface area contributed by atoms with Gasteiger partial charge in [-0.3, -0.25) is 0 Å². The molecule has 0 aromatic heterocycles. The highest BCUT2D eigenvalue weighted by molar-refractivity contribution is 6.49. The van der Waals surface area contributed by atoms with E-state index in [2.05, 4.69) is 19.2 Å². The van der Waals surface area contributed by atoms with Crippen LogP contribution >= 0.6 is 46.4 Å². The first-order valence-electron chi connectivity index (χ1n) is 6.34. The summed E-state index contributed by atoms with van der Waals surface area (Å²) in [4.78, 5) is 0. The van der Waals surface area contributed by atoms with Crippen LogP contribution in [0.3, 0.4) is 0 Å². The fraction of sp³-hybridized carbons (Fsp3) is 0.571. The van der Waals surface area contributed by atoms with Crippen LogP contribution in [0.25, 0.3) is 0 Å². The van der Waals surface area contributed by atoms with Crippen molar-refractivity contribution < 1.29 is 4.74 Å². The number of methoxy groups -OCH3 is 1. The van der Waals surface area contributed by atoms with Crippen molar-refractivity contribution in [3.8, 4) is 0 Å². The predicted molar refractivity (Wildman–Crippen MR) is 88.9 cm³/mol. The van der Waals surface area contributed by atoms with Crippen molar-refractivity contribution in [2.24, 2.45) is 0 Å². The van der Waals surface area contributed by atoms with Crippen LogP contribution < -0.4 is 5.32 Å². The summed E-state index contributed by atoms with van der Waals surface area (Å²) in [6.45, 7) is 6.51. The van der Waals surface area contributed by atoms with Gasteiger partial charge in [0.15, 0.2) is 0 Å². The minimum absolute atomic E-state index is 0.206. The Balaban J connectivity index is 2.84. The van der Waals surface area contributed by atoms with Gasteiger partial charge in [-0.1, -0.05) is 60.3 Å². The van der Waals surface area contributed by atoms with Crippen molar-refractivity contribution in [3.05, 3.63) is 31.7 Å². The fourth-order valence-corrected chi connectivity index (χ4v) is 3.44. The van der Waals surface area contributed by atoms with E-state index in [0.717, 1.165) is 25.1 Å². The number of hydrogen-bond acceptors (Lipinski definition) is 2. The molecule has 0 unspecified atom stereocenters. The first-order chi connectivity index (χ1) is 9.31. The van der Waals surface area contributed by atoms with E-state index in [4.69, 9.17) is 51.1 Å². The molecule has 0 saturated carbocycles. The second kappa shape index (κ2) is 8.07. The maximum atomic E-state index is 6.31. The van der Waals surface area contributed by atoms with Crippen molar-refractivity contribution >= 4 is 46.4 Å². The minimum atomic E-state index is -0.206. The van der Waals surface area contributed by atoms with Crippen molar-refractivity contribution in [1.82, 2.24) is 5.32 Å². The van der Waals surface area contributed by atoms with Crippen molar-refractivity contribution in [2.45, 2.75) is 25.7 Å². The SMILES string of the molecule is COCCNCCC(C)(C)c1c(Cl)cc(Cl)c(Cl)c1Cl. The molecule has 20 heavy (non-hydrogen) atoms. The molecule has 0 spiro atoms. The zero-order valence-corrected chi connectivity index (χ0v) is 14.8. The lowest BCUT2D eigenvalue weighted by atomic mass is 9.81. The Bertz CT molecular complexity index is 463. The molecular weight excluding hydrogens is 340 g/mol. The molecule has 0 bridgehead atoms. The van der Waals surface area contributed by atoms with Crippen LogP contribution in [0.1, 0.15) is 25.8 Å². The molecule has 1 aromatic rings. The Kier molecular flexibility index (Phi) is 7.40. The predicted octanol–water partition coefficient (Wildman–Crippen LogP) is 5.20. The fourth-order valence-electron chi connectivity index (χ4n) is 2.01. The normalized spacial score (nSPS) is 11.9. The van der Waals surface area contributed by atoms with Gasteiger partial charge in [-0.25, -0.2) is 0 Å². The van der Waals surface area contributed by atoms with Gasteiger partial charge in [0.25, 0.3) is 0 Å². The summed E-state index contributed by atoms with van der Waals surface area (Å²) < 4.78 is 4.99. The van der Waals surface area contributed by atoms with E-state index in [1.54, 1.807) is 13.2 Å². The molecule has 2 nitrogen and oxygen atoms in total. The van der Waals surface area contributed by atoms with E-state index in [-0.39, 0.29) is 5.41 Å². The number of hydrogen-bond donors (Lipinski definition) is 1. The van der Waals surface area contributed by atoms with Gasteiger partial charge in [0.1, 0.15) is 0 Å². The molecule has 0 atom stereocenters. The summed E-state index contributed by atoms with van der Waals surface area (Å²) in [5.74, 6) is 0. The number of halogens is 4. The van der Waals surface area contributed by atoms with Crippen LogP contribution in [0.4, 0.5) is 0 Å². The summed E-state index contributed by atoms with van der Waals surface area (Å²) in [5.41, 5.74) is 0.631. The maximum absolute atomic E-state index is 6.31. The second-order valence-corrected chi connectivity index (χ2v) is 6.79. The summed E-state index contributed by atoms with van der Waals surface area (Å²) in [5, 5.41) is 5.02. The molecule has 114 valence electrons. The van der Waals surface area contributed by atoms with Crippen LogP contribution in [0.5, 0.6) is 0 Å². The van der Waals surface area contributed by atoms with Crippen molar-refractivity contribution in [1.29, 1.82) is 0 Å². The largest absolute Gasteiger partial charge is 0.383 e. The maximum Gasteiger partial charge on any atom is 0.0782 e. The smallest absolute Gasteiger partial charge is 0.0782 e. The van der Waals surface area contributed by atoms with Gasteiger partial charge in [-0.2, -0.15) is 0 Å². The van der Waals surface area contributed by atoms with Crippen LogP contribution in [0.2, 0.25) is 20.1 Å². The quantitative estimate of drug-likeness (QED) is 0.410. The van der Waals surface area contributed by atoms with E-state index in [9.17, 15) is 0 Å². The lowest BCUT2D eigenvalue weighted by Gasteiger charge is -2.28. The zero-order valence-electron chi connectivity index (χ0n) is 11.8. The van der Waals surface area contributed by atoms with E-state index in [1.807, 2.05) is 0 Å². The Labute approximate surface area is 140 Å². The topological polar surface area (TPSA) is 21.3 Å². The van der Waals surface area contributed by atoms with E-state index in [0.29, 0.717) is 26.7 Å². The molecule has 0 aliphatic carbocycles. The van der Waals surface area contributed by atoms with E-state index < -0.39 is 0 Å². The van der Waals surface area contributed by atoms with E-state index >= 15 is 0 Å². The summed E-state index contributed by atoms with van der Waals surface area (Å²) in [7, 11) is 1.68. The average molecular weight is 359 g/mol. The number of rotatable bonds is 7. The highest BCUT2D eigenvalue weighted by Gasteiger charge is 2.28. The number of benzene rings is 1. The van der Waals surface area contributed by atoms with Gasteiger partial charge in [0.05, 0.1) is 21.7 Å². The Hall–Kier alpha value is 0.300. The molecule has 0 heterocycles. The second-order valence-electron chi connectivity index (χ2n) is 5.22. The highest BCUT2D eigenvalue weighted by atomic mass is 35.5. The average Bonchev–Trinajstić information content (AvgIpc) is 2.35. The third-order valence-electron chi connectivity index (χ3n) is 3.20. The highest BCUT2D eigenvalue weighted by Crippen LogP contribution is 2.44. The minimum Gasteiger partial charge on any atom is -0.383 e. The van der Waals surface area contributed by atoms with Gasteiger partial charge in [0.2, 0.25) is 0 Å². The van der Waals surface area contributed by atoms with Gasteiger partial charge in [0, 0.05) is 18.7 Å². The molecule has 6 heteroatoms. The van der Waals surface area contributed by atoms with E-state index in [1.165, 1.54) is 0 Å². The molecule has 0 fully saturated rings. The standard InChI is InChI=1S/C14H19Cl4NO/c1-14(2,4-5-19-6-7-20-3)11-9(15)8-10(16)12(17)13(11)18/h8,19H,4-7H2,1-3H3. The summed E-state index contributed by atoms with van der Waals surface area (Å²) >= 11 is 24.7. The van der Waals surface area contributed by atoms with Crippen LogP contribution in [0.15, 0.2) is 6.07 Å². The van der Waals surface area contributed by atoms with Gasteiger partial charge < -0.3 is 10.1 Å². The molecule has 1 aromatic carbocycles. The third-order valence-corrected chi connectivity index (χ3v) is 4.76. The van der Waals surface area contributed by atoms with Crippen molar-refractivity contribution in [3.63, 3.8) is 0 Å². The third kappa shape index (κ3) is 4.66. The molecular formula is C14H19Cl4NO. The Morgan fingerprint density at radius 2 is 1.70 bits per heavy atom. The first-order valence-corrected chi connectivity index (χ1v) is 7.85. The molecule has 1 N–H and O–H groups in total. The van der Waals surface area contributed by atoms with Gasteiger partial charge in [-0.15, -0.1) is 0 Å². The molecule has 0 radical (unpaired) electrons. The lowest BCUT2D eigenvalue weighted by Crippen LogP contribution is -2.28. The summed E-state index contributed by atoms with van der Waals surface area (Å²) in [6.07, 6.45) is 0.869. The zero-order chi connectivity index (χ0) is 15.3. The van der Waals surface area contributed by atoms with Crippen LogP contribution in [-0.2, 0) is 10.2 Å². The monoisotopic (exact) mass is 357 g/mol. The molecule has 1 rings (SSSR count). The Morgan fingerprint density at radius 3 is 2.30 bits per heavy atom. The van der Waals surface area contributed by atoms with Gasteiger partial charge >= 0.3 is 0 Å². The molecule has 0 aliphatic rings. The number of nitrogens with one attached hydrogen (secondary N) is 1. The van der Waals surface area contributed by atoms with Crippen LogP contribution in [-0.4, -0.2) is 26.8 Å². The molecule has 0 aliphatic heterocycles. The molecule has 0 saturated heterocycles. The van der Waals surface area contributed by atoms with Crippen LogP contribution in [0, 0.1) is 0 Å². The first kappa shape index (κ1) is 18.3. The lowest BCUT2D eigenvalue weighted by molar-refractivity contribution is 0.198.